The molecule has 0 aliphatic rings. The molecule has 0 aromatic heterocycles. The number of rotatable bonds is 6. The molecule has 2 N–H and O–H groups in total. The molecule has 1 amide bonds. The maximum absolute atomic E-state index is 12.6. The minimum absolute atomic E-state index is 0.0181. The van der Waals surface area contributed by atoms with Gasteiger partial charge in [-0.25, -0.2) is 8.42 Å². The molecule has 25 heavy (non-hydrogen) atoms. The van der Waals surface area contributed by atoms with E-state index in [0.29, 0.717) is 10.7 Å². The summed E-state index contributed by atoms with van der Waals surface area (Å²) in [5.74, 6) is -0.353. The van der Waals surface area contributed by atoms with Crippen LogP contribution in [0.15, 0.2) is 47.4 Å². The van der Waals surface area contributed by atoms with E-state index in [1.165, 1.54) is 30.3 Å². The van der Waals surface area contributed by atoms with Crippen molar-refractivity contribution in [3.05, 3.63) is 58.1 Å². The average molecular weight is 401 g/mol. The quantitative estimate of drug-likeness (QED) is 0.757. The summed E-state index contributed by atoms with van der Waals surface area (Å²) >= 11 is 11.8. The van der Waals surface area contributed by atoms with Gasteiger partial charge in [0.1, 0.15) is 4.90 Å². The van der Waals surface area contributed by atoms with Crippen LogP contribution in [0.25, 0.3) is 0 Å². The Morgan fingerprint density at radius 3 is 2.36 bits per heavy atom. The number of carbonyl (C=O) groups is 1. The molecule has 134 valence electrons. The van der Waals surface area contributed by atoms with E-state index in [9.17, 15) is 13.2 Å². The van der Waals surface area contributed by atoms with E-state index < -0.39 is 10.0 Å². The van der Waals surface area contributed by atoms with Gasteiger partial charge in [0, 0.05) is 22.3 Å². The molecule has 8 heteroatoms. The average Bonchev–Trinajstić information content (AvgIpc) is 2.56. The highest BCUT2D eigenvalue weighted by Crippen LogP contribution is 2.25. The molecular weight excluding hydrogens is 383 g/mol. The number of carbonyl (C=O) groups excluding carboxylic acids is 1. The number of nitrogens with one attached hydrogen (secondary N) is 2. The number of hydrogen-bond donors (Lipinski definition) is 2. The summed E-state index contributed by atoms with van der Waals surface area (Å²) < 4.78 is 27.6. The van der Waals surface area contributed by atoms with Crippen LogP contribution in [0.2, 0.25) is 10.0 Å². The molecule has 0 saturated carbocycles. The van der Waals surface area contributed by atoms with Gasteiger partial charge in [-0.3, -0.25) is 9.52 Å². The van der Waals surface area contributed by atoms with Gasteiger partial charge >= 0.3 is 0 Å². The topological polar surface area (TPSA) is 75.3 Å². The monoisotopic (exact) mass is 400 g/mol. The van der Waals surface area contributed by atoms with Crippen molar-refractivity contribution in [3.8, 4) is 0 Å². The molecule has 0 saturated heterocycles. The van der Waals surface area contributed by atoms with Crippen LogP contribution in [-0.4, -0.2) is 20.4 Å². The van der Waals surface area contributed by atoms with Crippen LogP contribution in [0.4, 0.5) is 5.69 Å². The lowest BCUT2D eigenvalue weighted by molar-refractivity contribution is 0.0939. The second-order valence-electron chi connectivity index (χ2n) is 5.54. The Morgan fingerprint density at radius 1 is 1.12 bits per heavy atom. The second kappa shape index (κ2) is 8.08. The van der Waals surface area contributed by atoms with Crippen LogP contribution in [0.5, 0.6) is 0 Å². The van der Waals surface area contributed by atoms with E-state index in [4.69, 9.17) is 23.2 Å². The Kier molecular flexibility index (Phi) is 6.32. The van der Waals surface area contributed by atoms with E-state index >= 15 is 0 Å². The third-order valence-electron chi connectivity index (χ3n) is 3.57. The fourth-order valence-corrected chi connectivity index (χ4v) is 3.70. The van der Waals surface area contributed by atoms with Gasteiger partial charge in [-0.2, -0.15) is 0 Å². The minimum atomic E-state index is -3.95. The summed E-state index contributed by atoms with van der Waals surface area (Å²) in [6.45, 7) is 3.81. The van der Waals surface area contributed by atoms with Crippen LogP contribution >= 0.6 is 23.2 Å². The Balaban J connectivity index is 2.32. The lowest BCUT2D eigenvalue weighted by atomic mass is 10.2. The number of sulfonamides is 1. The molecule has 0 bridgehead atoms. The predicted octanol–water partition coefficient (Wildman–Crippen LogP) is 4.32. The summed E-state index contributed by atoms with van der Waals surface area (Å²) in [6, 6.07) is 10.3. The van der Waals surface area contributed by atoms with Crippen molar-refractivity contribution in [2.24, 2.45) is 0 Å². The van der Waals surface area contributed by atoms with Crippen molar-refractivity contribution in [1.29, 1.82) is 0 Å². The first-order valence-electron chi connectivity index (χ1n) is 7.61. The first-order chi connectivity index (χ1) is 11.7. The molecule has 2 aromatic carbocycles. The molecule has 2 aromatic rings. The standard InChI is InChI=1S/C17H18Cl2N2O3S/c1-3-11(2)20-17(22)12-4-9-15(19)16(10-12)25(23,24)21-14-7-5-13(18)6-8-14/h4-11,21H,3H2,1-2H3,(H,20,22). The first kappa shape index (κ1) is 19.6. The van der Waals surface area contributed by atoms with E-state index in [0.717, 1.165) is 6.42 Å². The van der Waals surface area contributed by atoms with Crippen LogP contribution in [-0.2, 0) is 10.0 Å². The predicted molar refractivity (Wildman–Crippen MR) is 101 cm³/mol. The third-order valence-corrected chi connectivity index (χ3v) is 5.68. The van der Waals surface area contributed by atoms with Crippen LogP contribution < -0.4 is 10.0 Å². The van der Waals surface area contributed by atoms with Crippen molar-refractivity contribution in [1.82, 2.24) is 5.32 Å². The van der Waals surface area contributed by atoms with E-state index in [1.807, 2.05) is 13.8 Å². The van der Waals surface area contributed by atoms with Gasteiger partial charge in [0.2, 0.25) is 0 Å². The maximum atomic E-state index is 12.6. The molecule has 5 nitrogen and oxygen atoms in total. The Bertz CT molecular complexity index is 868. The molecule has 0 heterocycles. The van der Waals surface area contributed by atoms with E-state index in [-0.39, 0.29) is 27.4 Å². The third kappa shape index (κ3) is 5.11. The summed E-state index contributed by atoms with van der Waals surface area (Å²) in [6.07, 6.45) is 0.766. The smallest absolute Gasteiger partial charge is 0.263 e. The van der Waals surface area contributed by atoms with Crippen LogP contribution in [0, 0.1) is 0 Å². The number of halogens is 2. The summed E-state index contributed by atoms with van der Waals surface area (Å²) in [5.41, 5.74) is 0.566. The molecular formula is C17H18Cl2N2O3S. The Labute approximate surface area is 157 Å². The van der Waals surface area contributed by atoms with E-state index in [1.54, 1.807) is 12.1 Å². The lowest BCUT2D eigenvalue weighted by Gasteiger charge is -2.13. The number of amides is 1. The fraction of sp³-hybridized carbons (Fsp3) is 0.235. The number of anilines is 1. The normalized spacial score (nSPS) is 12.5. The molecule has 0 fully saturated rings. The van der Waals surface area contributed by atoms with Crippen molar-refractivity contribution < 1.29 is 13.2 Å². The highest BCUT2D eigenvalue weighted by molar-refractivity contribution is 7.92. The van der Waals surface area contributed by atoms with Gasteiger partial charge in [-0.15, -0.1) is 0 Å². The van der Waals surface area contributed by atoms with Crippen molar-refractivity contribution in [3.63, 3.8) is 0 Å². The number of hydrogen-bond acceptors (Lipinski definition) is 3. The second-order valence-corrected chi connectivity index (χ2v) is 8.03. The zero-order valence-electron chi connectivity index (χ0n) is 13.7. The zero-order valence-corrected chi connectivity index (χ0v) is 16.0. The van der Waals surface area contributed by atoms with Gasteiger partial charge in [0.15, 0.2) is 0 Å². The summed E-state index contributed by atoms with van der Waals surface area (Å²) in [4.78, 5) is 12.1. The van der Waals surface area contributed by atoms with Gasteiger partial charge in [-0.05, 0) is 55.8 Å². The van der Waals surface area contributed by atoms with Crippen LogP contribution in [0.3, 0.4) is 0 Å². The Morgan fingerprint density at radius 2 is 1.76 bits per heavy atom. The highest BCUT2D eigenvalue weighted by atomic mass is 35.5. The molecule has 0 radical (unpaired) electrons. The van der Waals surface area contributed by atoms with Gasteiger partial charge < -0.3 is 5.32 Å². The molecule has 0 spiro atoms. The molecule has 1 unspecified atom stereocenters. The SMILES string of the molecule is CCC(C)NC(=O)c1ccc(Cl)c(S(=O)(=O)Nc2ccc(Cl)cc2)c1. The summed E-state index contributed by atoms with van der Waals surface area (Å²) in [7, 11) is -3.95. The first-order valence-corrected chi connectivity index (χ1v) is 9.85. The van der Waals surface area contributed by atoms with Crippen molar-refractivity contribution in [2.45, 2.75) is 31.2 Å². The van der Waals surface area contributed by atoms with Gasteiger partial charge in [0.05, 0.1) is 5.02 Å². The number of benzene rings is 2. The summed E-state index contributed by atoms with van der Waals surface area (Å²) in [5, 5.41) is 3.31. The Hall–Kier alpha value is -1.76. The molecule has 2 rings (SSSR count). The van der Waals surface area contributed by atoms with Gasteiger partial charge in [0.25, 0.3) is 15.9 Å². The zero-order chi connectivity index (χ0) is 18.6. The minimum Gasteiger partial charge on any atom is -0.350 e. The largest absolute Gasteiger partial charge is 0.350 e. The van der Waals surface area contributed by atoms with Crippen LogP contribution in [0.1, 0.15) is 30.6 Å². The van der Waals surface area contributed by atoms with Crippen molar-refractivity contribution >= 4 is 44.8 Å². The van der Waals surface area contributed by atoms with E-state index in [2.05, 4.69) is 10.0 Å². The fourth-order valence-electron chi connectivity index (χ4n) is 1.99. The molecule has 0 aliphatic heterocycles. The molecule has 0 aliphatic carbocycles. The lowest BCUT2D eigenvalue weighted by Crippen LogP contribution is -2.32. The highest BCUT2D eigenvalue weighted by Gasteiger charge is 2.21. The van der Waals surface area contributed by atoms with Gasteiger partial charge in [-0.1, -0.05) is 30.1 Å². The maximum Gasteiger partial charge on any atom is 0.263 e. The van der Waals surface area contributed by atoms with Crippen molar-refractivity contribution in [2.75, 3.05) is 4.72 Å². The molecule has 1 atom stereocenters.